The van der Waals surface area contributed by atoms with Gasteiger partial charge in [-0.15, -0.1) is 0 Å². The SMILES string of the molecule is O=C(Cn1cc(S(=O)(=O)Cc2ccc(F)cc2)c2ccccc21)Nc1cc(F)ccc1F. The molecular formula is C23H17F3N2O3S. The average Bonchev–Trinajstić information content (AvgIpc) is 3.12. The maximum absolute atomic E-state index is 13.8. The number of carbonyl (C=O) groups is 1. The number of anilines is 1. The van der Waals surface area contributed by atoms with Gasteiger partial charge in [0, 0.05) is 23.2 Å². The van der Waals surface area contributed by atoms with Gasteiger partial charge in [-0.3, -0.25) is 4.79 Å². The van der Waals surface area contributed by atoms with Crippen LogP contribution in [0.3, 0.4) is 0 Å². The molecule has 1 amide bonds. The molecule has 1 heterocycles. The fourth-order valence-corrected chi connectivity index (χ4v) is 4.99. The van der Waals surface area contributed by atoms with Crippen LogP contribution in [0.1, 0.15) is 5.56 Å². The molecule has 0 aliphatic heterocycles. The van der Waals surface area contributed by atoms with Crippen molar-refractivity contribution in [3.63, 3.8) is 0 Å². The van der Waals surface area contributed by atoms with Crippen molar-refractivity contribution in [2.75, 3.05) is 5.32 Å². The van der Waals surface area contributed by atoms with Crippen LogP contribution in [0.4, 0.5) is 18.9 Å². The highest BCUT2D eigenvalue weighted by Crippen LogP contribution is 2.28. The molecule has 3 aromatic carbocycles. The van der Waals surface area contributed by atoms with Crippen molar-refractivity contribution in [2.45, 2.75) is 17.2 Å². The van der Waals surface area contributed by atoms with Gasteiger partial charge in [0.15, 0.2) is 9.84 Å². The van der Waals surface area contributed by atoms with E-state index in [4.69, 9.17) is 0 Å². The van der Waals surface area contributed by atoms with Crippen molar-refractivity contribution in [1.82, 2.24) is 4.57 Å². The van der Waals surface area contributed by atoms with Crippen LogP contribution in [0.15, 0.2) is 77.8 Å². The first kappa shape index (κ1) is 21.6. The molecule has 4 rings (SSSR count). The molecule has 4 aromatic rings. The maximum atomic E-state index is 13.8. The first-order valence-electron chi connectivity index (χ1n) is 9.53. The molecule has 0 fully saturated rings. The van der Waals surface area contributed by atoms with Crippen LogP contribution in [-0.4, -0.2) is 18.9 Å². The molecule has 0 spiro atoms. The topological polar surface area (TPSA) is 68.2 Å². The van der Waals surface area contributed by atoms with E-state index in [0.29, 0.717) is 16.5 Å². The Hall–Kier alpha value is -3.59. The monoisotopic (exact) mass is 458 g/mol. The summed E-state index contributed by atoms with van der Waals surface area (Å²) in [5.74, 6) is -2.97. The van der Waals surface area contributed by atoms with Crippen LogP contribution < -0.4 is 5.32 Å². The Morgan fingerprint density at radius 2 is 1.59 bits per heavy atom. The second-order valence-electron chi connectivity index (χ2n) is 7.20. The molecule has 164 valence electrons. The van der Waals surface area contributed by atoms with Gasteiger partial charge in [0.2, 0.25) is 5.91 Å². The molecule has 32 heavy (non-hydrogen) atoms. The van der Waals surface area contributed by atoms with Gasteiger partial charge in [-0.05, 0) is 35.9 Å². The third-order valence-electron chi connectivity index (χ3n) is 4.87. The van der Waals surface area contributed by atoms with E-state index in [2.05, 4.69) is 5.32 Å². The first-order valence-corrected chi connectivity index (χ1v) is 11.2. The van der Waals surface area contributed by atoms with Crippen LogP contribution in [0.2, 0.25) is 0 Å². The lowest BCUT2D eigenvalue weighted by molar-refractivity contribution is -0.116. The summed E-state index contributed by atoms with van der Waals surface area (Å²) in [6.07, 6.45) is 1.34. The second-order valence-corrected chi connectivity index (χ2v) is 9.15. The van der Waals surface area contributed by atoms with Crippen molar-refractivity contribution < 1.29 is 26.4 Å². The quantitative estimate of drug-likeness (QED) is 0.457. The minimum atomic E-state index is -3.82. The highest BCUT2D eigenvalue weighted by Gasteiger charge is 2.22. The summed E-state index contributed by atoms with van der Waals surface area (Å²) in [4.78, 5) is 12.5. The summed E-state index contributed by atoms with van der Waals surface area (Å²) in [5.41, 5.74) is 0.596. The molecule has 0 unspecified atom stereocenters. The zero-order chi connectivity index (χ0) is 22.9. The number of halogens is 3. The minimum absolute atomic E-state index is 0.0159. The van der Waals surface area contributed by atoms with Gasteiger partial charge in [-0.1, -0.05) is 30.3 Å². The molecule has 0 saturated carbocycles. The molecule has 1 N–H and O–H groups in total. The smallest absolute Gasteiger partial charge is 0.244 e. The number of para-hydroxylation sites is 1. The summed E-state index contributed by atoms with van der Waals surface area (Å²) >= 11 is 0. The number of sulfone groups is 1. The third-order valence-corrected chi connectivity index (χ3v) is 6.58. The highest BCUT2D eigenvalue weighted by atomic mass is 32.2. The molecule has 0 aliphatic carbocycles. The number of nitrogens with one attached hydrogen (secondary N) is 1. The Bertz CT molecular complexity index is 1410. The fraction of sp³-hybridized carbons (Fsp3) is 0.0870. The van der Waals surface area contributed by atoms with E-state index in [-0.39, 0.29) is 22.9 Å². The Balaban J connectivity index is 1.64. The van der Waals surface area contributed by atoms with Crippen molar-refractivity contribution >= 4 is 32.3 Å². The molecular weight excluding hydrogens is 441 g/mol. The third kappa shape index (κ3) is 4.52. The van der Waals surface area contributed by atoms with E-state index in [1.54, 1.807) is 24.3 Å². The van der Waals surface area contributed by atoms with E-state index in [9.17, 15) is 26.4 Å². The van der Waals surface area contributed by atoms with E-state index >= 15 is 0 Å². The largest absolute Gasteiger partial charge is 0.337 e. The average molecular weight is 458 g/mol. The lowest BCUT2D eigenvalue weighted by Crippen LogP contribution is -2.19. The summed E-state index contributed by atoms with van der Waals surface area (Å²) < 4.78 is 67.9. The zero-order valence-corrected chi connectivity index (χ0v) is 17.4. The molecule has 1 aromatic heterocycles. The molecule has 0 bridgehead atoms. The summed E-state index contributed by atoms with van der Waals surface area (Å²) in [5, 5.41) is 2.71. The van der Waals surface area contributed by atoms with Gasteiger partial charge in [-0.2, -0.15) is 0 Å². The molecule has 9 heteroatoms. The lowest BCUT2D eigenvalue weighted by Gasteiger charge is -2.08. The number of fused-ring (bicyclic) bond motifs is 1. The summed E-state index contributed by atoms with van der Waals surface area (Å²) in [6, 6.07) is 14.5. The minimum Gasteiger partial charge on any atom is -0.337 e. The number of nitrogens with zero attached hydrogens (tertiary/aromatic N) is 1. The second kappa shape index (κ2) is 8.51. The molecule has 5 nitrogen and oxygen atoms in total. The molecule has 0 radical (unpaired) electrons. The standard InChI is InChI=1S/C23H17F3N2O3S/c24-16-7-5-15(6-8-16)14-32(30,31)22-12-28(21-4-2-1-3-18(21)22)13-23(29)27-20-11-17(25)9-10-19(20)26/h1-12H,13-14H2,(H,27,29). The Labute approximate surface area is 182 Å². The van der Waals surface area contributed by atoms with E-state index in [1.807, 2.05) is 0 Å². The fourth-order valence-electron chi connectivity index (χ4n) is 3.41. The van der Waals surface area contributed by atoms with Gasteiger partial charge in [0.25, 0.3) is 0 Å². The normalized spacial score (nSPS) is 11.6. The summed E-state index contributed by atoms with van der Waals surface area (Å²) in [6.45, 7) is -0.317. The number of amides is 1. The van der Waals surface area contributed by atoms with Gasteiger partial charge in [0.1, 0.15) is 24.0 Å². The Morgan fingerprint density at radius 1 is 0.906 bits per heavy atom. The predicted molar refractivity (Wildman–Crippen MR) is 114 cm³/mol. The van der Waals surface area contributed by atoms with Gasteiger partial charge < -0.3 is 9.88 Å². The van der Waals surface area contributed by atoms with E-state index in [1.165, 1.54) is 35.0 Å². The Morgan fingerprint density at radius 3 is 2.34 bits per heavy atom. The van der Waals surface area contributed by atoms with Crippen LogP contribution in [-0.2, 0) is 26.9 Å². The number of hydrogen-bond donors (Lipinski definition) is 1. The van der Waals surface area contributed by atoms with Crippen LogP contribution in [0.25, 0.3) is 10.9 Å². The van der Waals surface area contributed by atoms with Gasteiger partial charge >= 0.3 is 0 Å². The number of aromatic nitrogens is 1. The van der Waals surface area contributed by atoms with E-state index < -0.39 is 33.2 Å². The number of carbonyl (C=O) groups excluding carboxylic acids is 1. The predicted octanol–water partition coefficient (Wildman–Crippen LogP) is 4.67. The number of hydrogen-bond acceptors (Lipinski definition) is 3. The zero-order valence-electron chi connectivity index (χ0n) is 16.6. The van der Waals surface area contributed by atoms with Crippen molar-refractivity contribution in [2.24, 2.45) is 0 Å². The van der Waals surface area contributed by atoms with E-state index in [0.717, 1.165) is 18.2 Å². The molecule has 0 aliphatic rings. The van der Waals surface area contributed by atoms with Crippen molar-refractivity contribution in [3.05, 3.63) is 95.9 Å². The number of benzene rings is 3. The lowest BCUT2D eigenvalue weighted by atomic mass is 10.2. The van der Waals surface area contributed by atoms with Crippen LogP contribution in [0, 0.1) is 17.5 Å². The highest BCUT2D eigenvalue weighted by molar-refractivity contribution is 7.90. The molecule has 0 saturated heterocycles. The van der Waals surface area contributed by atoms with Gasteiger partial charge in [0.05, 0.1) is 16.3 Å². The summed E-state index contributed by atoms with van der Waals surface area (Å²) in [7, 11) is -3.82. The Kier molecular flexibility index (Phi) is 5.75. The van der Waals surface area contributed by atoms with Crippen LogP contribution >= 0.6 is 0 Å². The van der Waals surface area contributed by atoms with Gasteiger partial charge in [-0.25, -0.2) is 21.6 Å². The maximum Gasteiger partial charge on any atom is 0.244 e. The van der Waals surface area contributed by atoms with Crippen molar-refractivity contribution in [3.8, 4) is 0 Å². The number of rotatable bonds is 6. The van der Waals surface area contributed by atoms with Crippen LogP contribution in [0.5, 0.6) is 0 Å². The van der Waals surface area contributed by atoms with Crippen molar-refractivity contribution in [1.29, 1.82) is 0 Å². The first-order chi connectivity index (χ1) is 15.2. The molecule has 0 atom stereocenters.